The van der Waals surface area contributed by atoms with Gasteiger partial charge in [-0.3, -0.25) is 4.79 Å². The Morgan fingerprint density at radius 2 is 1.96 bits per heavy atom. The maximum atomic E-state index is 12.4. The van der Waals surface area contributed by atoms with Crippen LogP contribution in [0, 0.1) is 6.92 Å². The number of nitrogens with two attached hydrogens (primary N) is 1. The molecule has 0 saturated carbocycles. The Balaban J connectivity index is 2.06. The first-order chi connectivity index (χ1) is 10.9. The van der Waals surface area contributed by atoms with Crippen LogP contribution in [0.4, 0.5) is 0 Å². The third-order valence-corrected chi connectivity index (χ3v) is 3.64. The highest BCUT2D eigenvalue weighted by Gasteiger charge is 2.30. The van der Waals surface area contributed by atoms with E-state index in [1.807, 2.05) is 18.2 Å². The van der Waals surface area contributed by atoms with E-state index in [-0.39, 0.29) is 12.5 Å². The summed E-state index contributed by atoms with van der Waals surface area (Å²) in [6, 6.07) is 10.7. The van der Waals surface area contributed by atoms with Gasteiger partial charge in [0.15, 0.2) is 0 Å². The molecular formula is C17H20N2O4. The molecule has 2 rings (SSSR count). The molecule has 0 aliphatic heterocycles. The minimum Gasteiger partial charge on any atom is -0.465 e. The van der Waals surface area contributed by atoms with Crippen molar-refractivity contribution < 1.29 is 18.7 Å². The summed E-state index contributed by atoms with van der Waals surface area (Å²) in [4.78, 5) is 23.9. The number of methoxy groups -OCH3 is 1. The Bertz CT molecular complexity index is 705. The van der Waals surface area contributed by atoms with Crippen LogP contribution in [0.25, 0.3) is 0 Å². The lowest BCUT2D eigenvalue weighted by molar-refractivity contribution is -0.126. The Hall–Kier alpha value is -2.60. The third-order valence-electron chi connectivity index (χ3n) is 3.64. The maximum Gasteiger partial charge on any atom is 0.341 e. The van der Waals surface area contributed by atoms with Crippen LogP contribution >= 0.6 is 0 Å². The van der Waals surface area contributed by atoms with Crippen molar-refractivity contribution in [1.82, 2.24) is 5.32 Å². The number of hydrogen-bond donors (Lipinski definition) is 2. The molecule has 0 fully saturated rings. The van der Waals surface area contributed by atoms with E-state index in [0.29, 0.717) is 22.6 Å². The number of hydrogen-bond acceptors (Lipinski definition) is 5. The Morgan fingerprint density at radius 1 is 1.30 bits per heavy atom. The quantitative estimate of drug-likeness (QED) is 0.821. The molecule has 23 heavy (non-hydrogen) atoms. The van der Waals surface area contributed by atoms with E-state index < -0.39 is 11.5 Å². The number of amides is 1. The number of carbonyl (C=O) groups is 2. The molecule has 0 radical (unpaired) electrons. The minimum absolute atomic E-state index is 0.135. The van der Waals surface area contributed by atoms with Gasteiger partial charge in [-0.05, 0) is 25.5 Å². The molecule has 1 amide bonds. The molecule has 1 unspecified atom stereocenters. The summed E-state index contributed by atoms with van der Waals surface area (Å²) in [5.74, 6) is 0.0916. The van der Waals surface area contributed by atoms with Crippen LogP contribution in [-0.4, -0.2) is 19.0 Å². The lowest BCUT2D eigenvalue weighted by Gasteiger charge is -2.23. The average molecular weight is 316 g/mol. The van der Waals surface area contributed by atoms with E-state index in [1.165, 1.54) is 7.11 Å². The van der Waals surface area contributed by atoms with Gasteiger partial charge in [0.1, 0.15) is 22.6 Å². The van der Waals surface area contributed by atoms with E-state index in [2.05, 4.69) is 10.1 Å². The second kappa shape index (κ2) is 6.66. The molecule has 0 spiro atoms. The van der Waals surface area contributed by atoms with Crippen molar-refractivity contribution in [3.63, 3.8) is 0 Å². The fourth-order valence-electron chi connectivity index (χ4n) is 2.21. The Kier molecular flexibility index (Phi) is 4.86. The molecule has 0 bridgehead atoms. The number of nitrogens with one attached hydrogen (secondary N) is 1. The smallest absolute Gasteiger partial charge is 0.341 e. The van der Waals surface area contributed by atoms with Gasteiger partial charge >= 0.3 is 5.97 Å². The zero-order valence-electron chi connectivity index (χ0n) is 13.4. The van der Waals surface area contributed by atoms with Crippen molar-refractivity contribution in [3.8, 4) is 0 Å². The van der Waals surface area contributed by atoms with Crippen molar-refractivity contribution in [1.29, 1.82) is 0 Å². The van der Waals surface area contributed by atoms with Crippen molar-refractivity contribution >= 4 is 11.9 Å². The number of aryl methyl sites for hydroxylation is 1. The van der Waals surface area contributed by atoms with Crippen LogP contribution in [0.2, 0.25) is 0 Å². The number of rotatable bonds is 5. The molecule has 2 aromatic rings. The van der Waals surface area contributed by atoms with Gasteiger partial charge < -0.3 is 20.2 Å². The van der Waals surface area contributed by atoms with Gasteiger partial charge in [-0.1, -0.05) is 30.3 Å². The van der Waals surface area contributed by atoms with Gasteiger partial charge in [0, 0.05) is 0 Å². The number of benzene rings is 1. The predicted octanol–water partition coefficient (Wildman–Crippen LogP) is 1.86. The lowest BCUT2D eigenvalue weighted by Crippen LogP contribution is -2.48. The summed E-state index contributed by atoms with van der Waals surface area (Å²) >= 11 is 0. The molecule has 0 aliphatic rings. The zero-order valence-corrected chi connectivity index (χ0v) is 13.4. The van der Waals surface area contributed by atoms with E-state index in [9.17, 15) is 9.59 Å². The molecule has 6 heteroatoms. The van der Waals surface area contributed by atoms with E-state index >= 15 is 0 Å². The number of ether oxygens (including phenoxy) is 1. The predicted molar refractivity (Wildman–Crippen MR) is 84.6 cm³/mol. The molecule has 1 atom stereocenters. The molecule has 6 nitrogen and oxygen atoms in total. The molecule has 0 saturated heterocycles. The summed E-state index contributed by atoms with van der Waals surface area (Å²) in [7, 11) is 1.30. The van der Waals surface area contributed by atoms with Gasteiger partial charge in [-0.2, -0.15) is 0 Å². The second-order valence-electron chi connectivity index (χ2n) is 5.43. The van der Waals surface area contributed by atoms with Crippen LogP contribution in [0.15, 0.2) is 40.8 Å². The van der Waals surface area contributed by atoms with Gasteiger partial charge in [-0.25, -0.2) is 4.79 Å². The summed E-state index contributed by atoms with van der Waals surface area (Å²) in [6.45, 7) is 3.44. The van der Waals surface area contributed by atoms with E-state index in [1.54, 1.807) is 32.0 Å². The van der Waals surface area contributed by atoms with Gasteiger partial charge in [-0.15, -0.1) is 0 Å². The first-order valence-electron chi connectivity index (χ1n) is 7.16. The first-order valence-corrected chi connectivity index (χ1v) is 7.16. The summed E-state index contributed by atoms with van der Waals surface area (Å²) in [5.41, 5.74) is 6.03. The van der Waals surface area contributed by atoms with Crippen LogP contribution < -0.4 is 11.1 Å². The van der Waals surface area contributed by atoms with Crippen molar-refractivity contribution in [2.24, 2.45) is 5.73 Å². The molecule has 1 aromatic carbocycles. The number of furan rings is 1. The van der Waals surface area contributed by atoms with Crippen LogP contribution in [-0.2, 0) is 21.6 Å². The Morgan fingerprint density at radius 3 is 2.57 bits per heavy atom. The monoisotopic (exact) mass is 316 g/mol. The van der Waals surface area contributed by atoms with E-state index in [4.69, 9.17) is 10.2 Å². The SMILES string of the molecule is COC(=O)c1cc(CNC(=O)C(C)(N)c2ccccc2)oc1C. The molecule has 122 valence electrons. The highest BCUT2D eigenvalue weighted by molar-refractivity contribution is 5.90. The summed E-state index contributed by atoms with van der Waals surface area (Å²) in [6.07, 6.45) is 0. The largest absolute Gasteiger partial charge is 0.465 e. The third kappa shape index (κ3) is 3.60. The van der Waals surface area contributed by atoms with Crippen LogP contribution in [0.1, 0.15) is 34.4 Å². The second-order valence-corrected chi connectivity index (χ2v) is 5.43. The molecular weight excluding hydrogens is 296 g/mol. The number of carbonyl (C=O) groups excluding carboxylic acids is 2. The molecule has 1 heterocycles. The summed E-state index contributed by atoms with van der Waals surface area (Å²) in [5, 5.41) is 2.73. The highest BCUT2D eigenvalue weighted by atomic mass is 16.5. The first kappa shape index (κ1) is 16.8. The minimum atomic E-state index is -1.16. The molecule has 1 aromatic heterocycles. The summed E-state index contributed by atoms with van der Waals surface area (Å²) < 4.78 is 10.1. The normalized spacial score (nSPS) is 13.2. The standard InChI is InChI=1S/C17H20N2O4/c1-11-14(15(20)22-3)9-13(23-11)10-19-16(21)17(2,18)12-7-5-4-6-8-12/h4-9H,10,18H2,1-3H3,(H,19,21). The van der Waals surface area contributed by atoms with Crippen molar-refractivity contribution in [2.75, 3.05) is 7.11 Å². The lowest BCUT2D eigenvalue weighted by atomic mass is 9.92. The van der Waals surface area contributed by atoms with Gasteiger partial charge in [0.25, 0.3) is 0 Å². The van der Waals surface area contributed by atoms with E-state index in [0.717, 1.165) is 0 Å². The Labute approximate surface area is 134 Å². The number of esters is 1. The molecule has 0 aliphatic carbocycles. The van der Waals surface area contributed by atoms with Crippen molar-refractivity contribution in [2.45, 2.75) is 25.9 Å². The topological polar surface area (TPSA) is 94.6 Å². The van der Waals surface area contributed by atoms with Gasteiger partial charge in [0.05, 0.1) is 13.7 Å². The highest BCUT2D eigenvalue weighted by Crippen LogP contribution is 2.19. The van der Waals surface area contributed by atoms with Crippen molar-refractivity contribution in [3.05, 3.63) is 59.0 Å². The van der Waals surface area contributed by atoms with Crippen LogP contribution in [0.3, 0.4) is 0 Å². The zero-order chi connectivity index (χ0) is 17.0. The maximum absolute atomic E-state index is 12.4. The average Bonchev–Trinajstić information content (AvgIpc) is 2.93. The van der Waals surface area contributed by atoms with Gasteiger partial charge in [0.2, 0.25) is 5.91 Å². The molecule has 3 N–H and O–H groups in total. The fraction of sp³-hybridized carbons (Fsp3) is 0.294. The fourth-order valence-corrected chi connectivity index (χ4v) is 2.21. The van der Waals surface area contributed by atoms with Crippen LogP contribution in [0.5, 0.6) is 0 Å².